The second kappa shape index (κ2) is 6.18. The van der Waals surface area contributed by atoms with E-state index in [2.05, 4.69) is 10.1 Å². The summed E-state index contributed by atoms with van der Waals surface area (Å²) in [6.07, 6.45) is 6.62. The molecule has 1 saturated carbocycles. The van der Waals surface area contributed by atoms with Crippen LogP contribution in [0.2, 0.25) is 0 Å². The molecule has 4 rings (SSSR count). The summed E-state index contributed by atoms with van der Waals surface area (Å²) in [5.41, 5.74) is 0.933. The molecule has 24 heavy (non-hydrogen) atoms. The van der Waals surface area contributed by atoms with E-state index in [0.717, 1.165) is 18.5 Å². The van der Waals surface area contributed by atoms with Gasteiger partial charge in [-0.05, 0) is 31.0 Å². The topological polar surface area (TPSA) is 77.3 Å². The Morgan fingerprint density at radius 2 is 2.08 bits per heavy atom. The van der Waals surface area contributed by atoms with Gasteiger partial charge in [-0.2, -0.15) is 9.40 Å². The third kappa shape index (κ3) is 3.16. The van der Waals surface area contributed by atoms with E-state index in [9.17, 15) is 8.42 Å². The molecule has 0 N–H and O–H groups in total. The second-order valence-electron chi connectivity index (χ2n) is 6.41. The number of fused-ring (bicyclic) bond motifs is 1. The van der Waals surface area contributed by atoms with Crippen LogP contribution in [-0.4, -0.2) is 45.9 Å². The third-order valence-corrected chi connectivity index (χ3v) is 6.77. The highest BCUT2D eigenvalue weighted by Gasteiger charge is 2.41. The molecule has 2 aromatic heterocycles. The normalized spacial score (nSPS) is 21.9. The van der Waals surface area contributed by atoms with Crippen LogP contribution in [0.3, 0.4) is 0 Å². The van der Waals surface area contributed by atoms with Gasteiger partial charge in [-0.3, -0.25) is 9.67 Å². The van der Waals surface area contributed by atoms with Crippen LogP contribution in [0.5, 0.6) is 5.75 Å². The SMILES string of the molecule is O=S(=O)(C1CC1)N1Cc2ccnn2CC(COc2cccnc2)C1. The van der Waals surface area contributed by atoms with Gasteiger partial charge >= 0.3 is 0 Å². The third-order valence-electron chi connectivity index (χ3n) is 4.46. The Kier molecular flexibility index (Phi) is 4.01. The second-order valence-corrected chi connectivity index (χ2v) is 8.62. The Bertz CT molecular complexity index is 802. The minimum Gasteiger partial charge on any atom is -0.492 e. The molecule has 1 unspecified atom stereocenters. The lowest BCUT2D eigenvalue weighted by Gasteiger charge is -2.23. The molecule has 2 aromatic rings. The zero-order valence-electron chi connectivity index (χ0n) is 13.3. The van der Waals surface area contributed by atoms with Gasteiger partial charge in [0, 0.05) is 31.4 Å². The van der Waals surface area contributed by atoms with Crippen LogP contribution >= 0.6 is 0 Å². The number of nitrogens with zero attached hydrogens (tertiary/aromatic N) is 4. The Morgan fingerprint density at radius 3 is 2.83 bits per heavy atom. The summed E-state index contributed by atoms with van der Waals surface area (Å²) in [5.74, 6) is 0.735. The zero-order valence-corrected chi connectivity index (χ0v) is 14.1. The highest BCUT2D eigenvalue weighted by Crippen LogP contribution is 2.33. The van der Waals surface area contributed by atoms with Crippen molar-refractivity contribution in [1.82, 2.24) is 19.1 Å². The molecule has 1 aliphatic heterocycles. The number of rotatable bonds is 5. The maximum atomic E-state index is 12.7. The smallest absolute Gasteiger partial charge is 0.217 e. The van der Waals surface area contributed by atoms with E-state index in [-0.39, 0.29) is 11.2 Å². The fourth-order valence-electron chi connectivity index (χ4n) is 3.02. The van der Waals surface area contributed by atoms with E-state index in [1.165, 1.54) is 0 Å². The van der Waals surface area contributed by atoms with Gasteiger partial charge < -0.3 is 4.74 Å². The van der Waals surface area contributed by atoms with Crippen molar-refractivity contribution in [3.05, 3.63) is 42.5 Å². The molecule has 1 aliphatic carbocycles. The maximum absolute atomic E-state index is 12.7. The van der Waals surface area contributed by atoms with Crippen LogP contribution in [-0.2, 0) is 23.1 Å². The molecule has 0 aromatic carbocycles. The summed E-state index contributed by atoms with van der Waals surface area (Å²) in [7, 11) is -3.22. The number of aromatic nitrogens is 3. The van der Waals surface area contributed by atoms with Gasteiger partial charge in [0.2, 0.25) is 10.0 Å². The summed E-state index contributed by atoms with van der Waals surface area (Å²) in [6.45, 7) is 1.94. The van der Waals surface area contributed by atoms with Crippen molar-refractivity contribution in [2.24, 2.45) is 5.92 Å². The predicted octanol–water partition coefficient (Wildman–Crippen LogP) is 1.28. The minimum atomic E-state index is -3.22. The first kappa shape index (κ1) is 15.6. The van der Waals surface area contributed by atoms with Crippen molar-refractivity contribution in [2.45, 2.75) is 31.2 Å². The monoisotopic (exact) mass is 348 g/mol. The standard InChI is InChI=1S/C16H20N4O3S/c21-24(22,16-3-4-16)19-9-13(10-20-14(11-19)5-7-18-20)12-23-15-2-1-6-17-8-15/h1-2,5-8,13,16H,3-4,9-12H2. The van der Waals surface area contributed by atoms with Crippen molar-refractivity contribution in [3.63, 3.8) is 0 Å². The van der Waals surface area contributed by atoms with Crippen LogP contribution in [0.1, 0.15) is 18.5 Å². The van der Waals surface area contributed by atoms with Crippen LogP contribution in [0.15, 0.2) is 36.8 Å². The van der Waals surface area contributed by atoms with Gasteiger partial charge in [0.1, 0.15) is 5.75 Å². The van der Waals surface area contributed by atoms with Gasteiger partial charge in [-0.1, -0.05) is 0 Å². The van der Waals surface area contributed by atoms with E-state index in [0.29, 0.717) is 32.0 Å². The lowest BCUT2D eigenvalue weighted by atomic mass is 10.1. The van der Waals surface area contributed by atoms with E-state index in [4.69, 9.17) is 4.74 Å². The molecule has 0 saturated heterocycles. The Hall–Kier alpha value is -1.93. The molecule has 1 atom stereocenters. The predicted molar refractivity (Wildman–Crippen MR) is 87.8 cm³/mol. The minimum absolute atomic E-state index is 0.0416. The van der Waals surface area contributed by atoms with Crippen LogP contribution in [0.4, 0.5) is 0 Å². The maximum Gasteiger partial charge on any atom is 0.217 e. The van der Waals surface area contributed by atoms with Gasteiger partial charge in [0.05, 0.1) is 30.3 Å². The number of hydrogen-bond donors (Lipinski definition) is 0. The molecular weight excluding hydrogens is 328 g/mol. The average molecular weight is 348 g/mol. The lowest BCUT2D eigenvalue weighted by molar-refractivity contribution is 0.208. The zero-order chi connectivity index (χ0) is 16.6. The van der Waals surface area contributed by atoms with E-state index >= 15 is 0 Å². The highest BCUT2D eigenvalue weighted by atomic mass is 32.2. The Balaban J connectivity index is 1.53. The Morgan fingerprint density at radius 1 is 1.21 bits per heavy atom. The molecule has 2 aliphatic rings. The molecule has 128 valence electrons. The van der Waals surface area contributed by atoms with Crippen LogP contribution in [0.25, 0.3) is 0 Å². The van der Waals surface area contributed by atoms with Crippen molar-refractivity contribution in [3.8, 4) is 5.75 Å². The summed E-state index contributed by atoms with van der Waals surface area (Å²) >= 11 is 0. The van der Waals surface area contributed by atoms with Gasteiger partial charge in [-0.15, -0.1) is 0 Å². The molecule has 0 spiro atoms. The van der Waals surface area contributed by atoms with Crippen molar-refractivity contribution in [2.75, 3.05) is 13.2 Å². The average Bonchev–Trinajstić information content (AvgIpc) is 3.38. The Labute approximate surface area is 141 Å². The summed E-state index contributed by atoms with van der Waals surface area (Å²) < 4.78 is 34.7. The van der Waals surface area contributed by atoms with Crippen molar-refractivity contribution in [1.29, 1.82) is 0 Å². The van der Waals surface area contributed by atoms with Gasteiger partial charge in [-0.25, -0.2) is 8.42 Å². The largest absolute Gasteiger partial charge is 0.492 e. The lowest BCUT2D eigenvalue weighted by Crippen LogP contribution is -2.37. The first-order valence-electron chi connectivity index (χ1n) is 8.15. The summed E-state index contributed by atoms with van der Waals surface area (Å²) in [4.78, 5) is 4.03. The molecule has 8 heteroatoms. The van der Waals surface area contributed by atoms with Crippen molar-refractivity contribution >= 4 is 10.0 Å². The first-order chi connectivity index (χ1) is 11.6. The van der Waals surface area contributed by atoms with E-state index in [1.807, 2.05) is 22.9 Å². The number of pyridine rings is 1. The van der Waals surface area contributed by atoms with E-state index in [1.54, 1.807) is 22.9 Å². The molecule has 7 nitrogen and oxygen atoms in total. The van der Waals surface area contributed by atoms with E-state index < -0.39 is 10.0 Å². The number of hydrogen-bond acceptors (Lipinski definition) is 5. The fourth-order valence-corrected chi connectivity index (χ4v) is 4.90. The molecule has 1 fully saturated rings. The fraction of sp³-hybridized carbons (Fsp3) is 0.500. The molecule has 3 heterocycles. The van der Waals surface area contributed by atoms with Crippen LogP contribution in [0, 0.1) is 5.92 Å². The summed E-state index contributed by atoms with van der Waals surface area (Å²) in [6, 6.07) is 5.55. The first-order valence-corrected chi connectivity index (χ1v) is 9.66. The molecule has 0 bridgehead atoms. The molecule has 0 amide bonds. The quantitative estimate of drug-likeness (QED) is 0.813. The highest BCUT2D eigenvalue weighted by molar-refractivity contribution is 7.90. The molecule has 0 radical (unpaired) electrons. The molecular formula is C16H20N4O3S. The van der Waals surface area contributed by atoms with Crippen molar-refractivity contribution < 1.29 is 13.2 Å². The number of ether oxygens (including phenoxy) is 1. The van der Waals surface area contributed by atoms with Gasteiger partial charge in [0.25, 0.3) is 0 Å². The van der Waals surface area contributed by atoms with Crippen LogP contribution < -0.4 is 4.74 Å². The number of sulfonamides is 1. The van der Waals surface area contributed by atoms with Gasteiger partial charge in [0.15, 0.2) is 0 Å². The summed E-state index contributed by atoms with van der Waals surface area (Å²) in [5, 5.41) is 4.12.